The minimum absolute atomic E-state index is 0.0831. The van der Waals surface area contributed by atoms with Gasteiger partial charge in [0.1, 0.15) is 5.82 Å². The number of nitrogens with one attached hydrogen (secondary N) is 1. The highest BCUT2D eigenvalue weighted by Gasteiger charge is 2.29. The van der Waals surface area contributed by atoms with Crippen molar-refractivity contribution < 1.29 is 14.0 Å². The number of benzene rings is 1. The molecule has 1 aliphatic heterocycles. The van der Waals surface area contributed by atoms with Crippen LogP contribution in [0, 0.1) is 11.7 Å². The van der Waals surface area contributed by atoms with E-state index in [1.807, 2.05) is 0 Å². The average Bonchev–Trinajstić information content (AvgIpc) is 2.52. The number of likely N-dealkylation sites (tertiary alicyclic amines) is 1. The monoisotopic (exact) mass is 327 g/mol. The Labute approximate surface area is 133 Å². The zero-order valence-electron chi connectivity index (χ0n) is 12.1. The summed E-state index contributed by atoms with van der Waals surface area (Å²) in [5.74, 6) is -1.10. The molecule has 0 radical (unpaired) electrons. The predicted molar refractivity (Wildman–Crippen MR) is 82.1 cm³/mol. The molecule has 2 rings (SSSR count). The maximum atomic E-state index is 13.1. The van der Waals surface area contributed by atoms with E-state index in [-0.39, 0.29) is 28.3 Å². The van der Waals surface area contributed by atoms with Crippen molar-refractivity contribution in [3.8, 4) is 0 Å². The predicted octanol–water partition coefficient (Wildman–Crippen LogP) is 1.41. The second-order valence-electron chi connectivity index (χ2n) is 5.29. The Kier molecular flexibility index (Phi) is 5.74. The number of piperidine rings is 1. The number of rotatable bonds is 4. The van der Waals surface area contributed by atoms with Crippen LogP contribution in [0.4, 0.5) is 4.39 Å². The van der Waals surface area contributed by atoms with E-state index in [4.69, 9.17) is 17.3 Å². The fourth-order valence-electron chi connectivity index (χ4n) is 2.55. The molecule has 1 aliphatic rings. The molecule has 0 aliphatic carbocycles. The Morgan fingerprint density at radius 2 is 2.23 bits per heavy atom. The topological polar surface area (TPSA) is 75.4 Å². The molecular formula is C15H19ClFN3O2. The molecule has 22 heavy (non-hydrogen) atoms. The summed E-state index contributed by atoms with van der Waals surface area (Å²) in [5.41, 5.74) is 5.62. The molecule has 1 fully saturated rings. The van der Waals surface area contributed by atoms with Crippen molar-refractivity contribution in [1.29, 1.82) is 0 Å². The molecule has 0 saturated carbocycles. The Hall–Kier alpha value is -1.66. The highest BCUT2D eigenvalue weighted by Crippen LogP contribution is 2.23. The molecule has 0 aromatic heterocycles. The van der Waals surface area contributed by atoms with E-state index in [1.165, 1.54) is 12.1 Å². The smallest absolute Gasteiger partial charge is 0.255 e. The molecule has 5 nitrogen and oxygen atoms in total. The second kappa shape index (κ2) is 7.56. The third-order valence-corrected chi connectivity index (χ3v) is 4.00. The van der Waals surface area contributed by atoms with Crippen molar-refractivity contribution in [3.63, 3.8) is 0 Å². The number of nitrogens with two attached hydrogens (primary N) is 1. The Morgan fingerprint density at radius 1 is 1.45 bits per heavy atom. The summed E-state index contributed by atoms with van der Waals surface area (Å²) in [6, 6.07) is 3.69. The van der Waals surface area contributed by atoms with Gasteiger partial charge < -0.3 is 16.0 Å². The van der Waals surface area contributed by atoms with Gasteiger partial charge in [-0.05, 0) is 31.0 Å². The summed E-state index contributed by atoms with van der Waals surface area (Å²) < 4.78 is 13.1. The van der Waals surface area contributed by atoms with Gasteiger partial charge >= 0.3 is 0 Å². The van der Waals surface area contributed by atoms with Crippen LogP contribution in [-0.2, 0) is 4.79 Å². The maximum Gasteiger partial charge on any atom is 0.255 e. The summed E-state index contributed by atoms with van der Waals surface area (Å²) >= 11 is 5.93. The molecule has 1 aromatic carbocycles. The molecule has 2 amide bonds. The molecule has 0 spiro atoms. The molecule has 1 unspecified atom stereocenters. The highest BCUT2D eigenvalue weighted by atomic mass is 35.5. The molecule has 120 valence electrons. The molecule has 7 heteroatoms. The first-order valence-electron chi connectivity index (χ1n) is 7.25. The van der Waals surface area contributed by atoms with Gasteiger partial charge in [0, 0.05) is 26.2 Å². The normalized spacial score (nSPS) is 18.1. The number of halogens is 2. The van der Waals surface area contributed by atoms with Gasteiger partial charge in [0.05, 0.1) is 16.5 Å². The minimum Gasteiger partial charge on any atom is -0.355 e. The SMILES string of the molecule is NCCNC(=O)C1CCCN(C(=O)c2ccc(F)cc2Cl)C1. The molecule has 1 saturated heterocycles. The Bertz CT molecular complexity index is 568. The van der Waals surface area contributed by atoms with Crippen LogP contribution in [0.5, 0.6) is 0 Å². The summed E-state index contributed by atoms with van der Waals surface area (Å²) in [7, 11) is 0. The third kappa shape index (κ3) is 3.96. The van der Waals surface area contributed by atoms with Crippen LogP contribution in [0.3, 0.4) is 0 Å². The fourth-order valence-corrected chi connectivity index (χ4v) is 2.80. The van der Waals surface area contributed by atoms with Crippen LogP contribution in [-0.4, -0.2) is 42.9 Å². The quantitative estimate of drug-likeness (QED) is 0.878. The molecule has 3 N–H and O–H groups in total. The van der Waals surface area contributed by atoms with Crippen molar-refractivity contribution >= 4 is 23.4 Å². The average molecular weight is 328 g/mol. The van der Waals surface area contributed by atoms with Crippen LogP contribution in [0.1, 0.15) is 23.2 Å². The van der Waals surface area contributed by atoms with Crippen LogP contribution >= 0.6 is 11.6 Å². The first-order chi connectivity index (χ1) is 10.5. The molecule has 1 atom stereocenters. The van der Waals surface area contributed by atoms with Gasteiger partial charge in [0.2, 0.25) is 5.91 Å². The van der Waals surface area contributed by atoms with Gasteiger partial charge in [-0.25, -0.2) is 4.39 Å². The van der Waals surface area contributed by atoms with E-state index in [0.717, 1.165) is 18.9 Å². The van der Waals surface area contributed by atoms with Crippen molar-refractivity contribution in [2.45, 2.75) is 12.8 Å². The van der Waals surface area contributed by atoms with Crippen LogP contribution in [0.25, 0.3) is 0 Å². The number of carbonyl (C=O) groups is 2. The Balaban J connectivity index is 2.05. The van der Waals surface area contributed by atoms with Crippen molar-refractivity contribution in [2.24, 2.45) is 11.7 Å². The van der Waals surface area contributed by atoms with Crippen LogP contribution < -0.4 is 11.1 Å². The second-order valence-corrected chi connectivity index (χ2v) is 5.70. The summed E-state index contributed by atoms with van der Waals surface area (Å²) in [4.78, 5) is 26.1. The van der Waals surface area contributed by atoms with E-state index in [1.54, 1.807) is 4.90 Å². The lowest BCUT2D eigenvalue weighted by molar-refractivity contribution is -0.126. The maximum absolute atomic E-state index is 13.1. The zero-order valence-corrected chi connectivity index (χ0v) is 12.9. The van der Waals surface area contributed by atoms with Crippen LogP contribution in [0.15, 0.2) is 18.2 Å². The van der Waals surface area contributed by atoms with E-state index in [2.05, 4.69) is 5.32 Å². The van der Waals surface area contributed by atoms with Gasteiger partial charge in [-0.15, -0.1) is 0 Å². The van der Waals surface area contributed by atoms with Gasteiger partial charge in [-0.2, -0.15) is 0 Å². The third-order valence-electron chi connectivity index (χ3n) is 3.68. The van der Waals surface area contributed by atoms with Gasteiger partial charge in [-0.3, -0.25) is 9.59 Å². The highest BCUT2D eigenvalue weighted by molar-refractivity contribution is 6.33. The van der Waals surface area contributed by atoms with Crippen molar-refractivity contribution in [1.82, 2.24) is 10.2 Å². The van der Waals surface area contributed by atoms with Gasteiger partial charge in [0.25, 0.3) is 5.91 Å². The van der Waals surface area contributed by atoms with Gasteiger partial charge in [-0.1, -0.05) is 11.6 Å². The standard InChI is InChI=1S/C15H19ClFN3O2/c16-13-8-11(17)3-4-12(13)15(22)20-7-1-2-10(9-20)14(21)19-6-5-18/h3-4,8,10H,1-2,5-7,9,18H2,(H,19,21). The summed E-state index contributed by atoms with van der Waals surface area (Å²) in [5, 5.41) is 2.83. The number of hydrogen-bond acceptors (Lipinski definition) is 3. The van der Waals surface area contributed by atoms with Crippen LogP contribution in [0.2, 0.25) is 5.02 Å². The van der Waals surface area contributed by atoms with E-state index >= 15 is 0 Å². The van der Waals surface area contributed by atoms with Crippen molar-refractivity contribution in [3.05, 3.63) is 34.6 Å². The largest absolute Gasteiger partial charge is 0.355 e. The first-order valence-corrected chi connectivity index (χ1v) is 7.63. The summed E-state index contributed by atoms with van der Waals surface area (Å²) in [6.07, 6.45) is 1.47. The minimum atomic E-state index is -0.487. The van der Waals surface area contributed by atoms with Crippen molar-refractivity contribution in [2.75, 3.05) is 26.2 Å². The number of nitrogens with zero attached hydrogens (tertiary/aromatic N) is 1. The zero-order chi connectivity index (χ0) is 16.1. The number of amides is 2. The fraction of sp³-hybridized carbons (Fsp3) is 0.467. The number of carbonyl (C=O) groups excluding carboxylic acids is 2. The van der Waals surface area contributed by atoms with Gasteiger partial charge in [0.15, 0.2) is 0 Å². The molecule has 1 aromatic rings. The molecule has 1 heterocycles. The Morgan fingerprint density at radius 3 is 2.91 bits per heavy atom. The lowest BCUT2D eigenvalue weighted by Crippen LogP contribution is -2.46. The summed E-state index contributed by atoms with van der Waals surface area (Å²) in [6.45, 7) is 1.70. The lowest BCUT2D eigenvalue weighted by atomic mass is 9.96. The van der Waals surface area contributed by atoms with E-state index in [0.29, 0.717) is 26.2 Å². The lowest BCUT2D eigenvalue weighted by Gasteiger charge is -2.32. The van der Waals surface area contributed by atoms with E-state index < -0.39 is 5.82 Å². The first kappa shape index (κ1) is 16.7. The molecular weight excluding hydrogens is 309 g/mol. The molecule has 0 bridgehead atoms. The number of hydrogen-bond donors (Lipinski definition) is 2. The van der Waals surface area contributed by atoms with E-state index in [9.17, 15) is 14.0 Å².